The summed E-state index contributed by atoms with van der Waals surface area (Å²) < 4.78 is 1.77. The summed E-state index contributed by atoms with van der Waals surface area (Å²) in [6, 6.07) is 7.73. The minimum atomic E-state index is 0.325. The van der Waals surface area contributed by atoms with E-state index in [4.69, 9.17) is 16.6 Å². The highest BCUT2D eigenvalue weighted by Gasteiger charge is 2.43. The Labute approximate surface area is 160 Å². The summed E-state index contributed by atoms with van der Waals surface area (Å²) >= 11 is 6.08. The molecule has 3 heterocycles. The van der Waals surface area contributed by atoms with Gasteiger partial charge in [-0.25, -0.2) is 19.9 Å². The number of aromatic amines is 1. The molecule has 3 aromatic heterocycles. The fourth-order valence-corrected chi connectivity index (χ4v) is 3.78. The molecule has 4 aromatic rings. The molecule has 2 atom stereocenters. The van der Waals surface area contributed by atoms with Crippen LogP contribution in [0, 0.1) is 20.8 Å². The summed E-state index contributed by atoms with van der Waals surface area (Å²) in [6.07, 6.45) is 1.01. The monoisotopic (exact) mass is 379 g/mol. The molecule has 0 saturated heterocycles. The lowest BCUT2D eigenvalue weighted by atomic mass is 10.2. The van der Waals surface area contributed by atoms with Gasteiger partial charge in [0.15, 0.2) is 5.82 Å². The first-order valence-electron chi connectivity index (χ1n) is 8.89. The molecule has 5 rings (SSSR count). The Kier molecular flexibility index (Phi) is 3.55. The van der Waals surface area contributed by atoms with Crippen molar-refractivity contribution in [1.29, 1.82) is 0 Å². The molecule has 0 amide bonds. The van der Waals surface area contributed by atoms with Gasteiger partial charge in [0.1, 0.15) is 23.3 Å². The van der Waals surface area contributed by atoms with E-state index in [0.29, 0.717) is 16.9 Å². The molecule has 27 heavy (non-hydrogen) atoms. The molecule has 0 aliphatic heterocycles. The number of aromatic nitrogens is 7. The largest absolute Gasteiger partial charge is 0.342 e. The first-order chi connectivity index (χ1) is 13.0. The zero-order valence-corrected chi connectivity index (χ0v) is 16.0. The number of benzene rings is 1. The minimum Gasteiger partial charge on any atom is -0.342 e. The first-order valence-corrected chi connectivity index (χ1v) is 9.27. The Morgan fingerprint density at radius 2 is 1.85 bits per heavy atom. The lowest BCUT2D eigenvalue weighted by molar-refractivity contribution is 0.777. The van der Waals surface area contributed by atoms with E-state index >= 15 is 0 Å². The van der Waals surface area contributed by atoms with Crippen LogP contribution < -0.4 is 0 Å². The summed E-state index contributed by atoms with van der Waals surface area (Å²) in [6.45, 7) is 5.71. The Bertz CT molecular complexity index is 1180. The van der Waals surface area contributed by atoms with Gasteiger partial charge in [-0.3, -0.25) is 0 Å². The van der Waals surface area contributed by atoms with Crippen LogP contribution in [0.25, 0.3) is 16.9 Å². The van der Waals surface area contributed by atoms with Gasteiger partial charge >= 0.3 is 0 Å². The number of rotatable bonds is 3. The van der Waals surface area contributed by atoms with Crippen LogP contribution in [-0.4, -0.2) is 34.7 Å². The molecule has 0 spiro atoms. The number of halogens is 1. The maximum atomic E-state index is 6.08. The standard InChI is InChI=1S/C19H18ClN7/c1-9-22-16(8-18(23-9)27-11(3)21-10(2)26-27)13-7-14(13)19-24-15-5-4-12(20)6-17(15)25-19/h4-6,8,13-14H,7H2,1-3H3,(H,24,25)/t13-,14-/m1/s1. The molecule has 0 bridgehead atoms. The van der Waals surface area contributed by atoms with Gasteiger partial charge in [0, 0.05) is 22.9 Å². The molecule has 1 fully saturated rings. The van der Waals surface area contributed by atoms with Gasteiger partial charge in [0.25, 0.3) is 0 Å². The average molecular weight is 380 g/mol. The highest BCUT2D eigenvalue weighted by atomic mass is 35.5. The van der Waals surface area contributed by atoms with Crippen LogP contribution in [0.4, 0.5) is 0 Å². The third-order valence-corrected chi connectivity index (χ3v) is 5.15. The van der Waals surface area contributed by atoms with E-state index < -0.39 is 0 Å². The molecule has 0 radical (unpaired) electrons. The normalized spacial score (nSPS) is 19.0. The molecule has 1 aromatic carbocycles. The number of hydrogen-bond donors (Lipinski definition) is 1. The molecule has 1 aliphatic rings. The van der Waals surface area contributed by atoms with E-state index in [1.54, 1.807) is 4.68 Å². The number of nitrogens with zero attached hydrogens (tertiary/aromatic N) is 6. The molecule has 8 heteroatoms. The molecular formula is C19H18ClN7. The van der Waals surface area contributed by atoms with E-state index in [-0.39, 0.29) is 0 Å². The number of aryl methyl sites for hydroxylation is 3. The quantitative estimate of drug-likeness (QED) is 0.585. The summed E-state index contributed by atoms with van der Waals surface area (Å²) in [5.74, 6) is 4.69. The third-order valence-electron chi connectivity index (χ3n) is 4.92. The van der Waals surface area contributed by atoms with Gasteiger partial charge in [-0.2, -0.15) is 4.68 Å². The fourth-order valence-electron chi connectivity index (χ4n) is 3.61. The summed E-state index contributed by atoms with van der Waals surface area (Å²) in [7, 11) is 0. The highest BCUT2D eigenvalue weighted by molar-refractivity contribution is 6.31. The third kappa shape index (κ3) is 2.88. The van der Waals surface area contributed by atoms with E-state index in [9.17, 15) is 0 Å². The van der Waals surface area contributed by atoms with Crippen molar-refractivity contribution >= 4 is 22.6 Å². The van der Waals surface area contributed by atoms with Crippen molar-refractivity contribution in [1.82, 2.24) is 34.7 Å². The number of hydrogen-bond acceptors (Lipinski definition) is 5. The number of imidazole rings is 1. The number of nitrogens with one attached hydrogen (secondary N) is 1. The van der Waals surface area contributed by atoms with Crippen molar-refractivity contribution < 1.29 is 0 Å². The first kappa shape index (κ1) is 16.4. The second-order valence-electron chi connectivity index (χ2n) is 7.05. The molecule has 1 saturated carbocycles. The van der Waals surface area contributed by atoms with Crippen molar-refractivity contribution in [3.8, 4) is 5.82 Å². The highest BCUT2D eigenvalue weighted by Crippen LogP contribution is 2.53. The second kappa shape index (κ2) is 5.85. The zero-order chi connectivity index (χ0) is 18.7. The lowest BCUT2D eigenvalue weighted by Gasteiger charge is -2.06. The van der Waals surface area contributed by atoms with Crippen LogP contribution in [0.15, 0.2) is 24.3 Å². The van der Waals surface area contributed by atoms with Gasteiger partial charge in [-0.05, 0) is 45.4 Å². The van der Waals surface area contributed by atoms with Gasteiger partial charge in [0.05, 0.1) is 16.7 Å². The molecular weight excluding hydrogens is 362 g/mol. The van der Waals surface area contributed by atoms with E-state index in [0.717, 1.165) is 52.3 Å². The topological polar surface area (TPSA) is 85.2 Å². The summed E-state index contributed by atoms with van der Waals surface area (Å²) in [5.41, 5.74) is 2.93. The predicted octanol–water partition coefficient (Wildman–Crippen LogP) is 3.78. The zero-order valence-electron chi connectivity index (χ0n) is 15.2. The van der Waals surface area contributed by atoms with Crippen LogP contribution in [0.2, 0.25) is 5.02 Å². The van der Waals surface area contributed by atoms with Gasteiger partial charge in [0.2, 0.25) is 0 Å². The summed E-state index contributed by atoms with van der Waals surface area (Å²) in [4.78, 5) is 21.7. The average Bonchev–Trinajstić information content (AvgIpc) is 3.20. The maximum Gasteiger partial charge on any atom is 0.159 e. The van der Waals surface area contributed by atoms with E-state index in [1.807, 2.05) is 45.0 Å². The van der Waals surface area contributed by atoms with Crippen molar-refractivity contribution in [3.63, 3.8) is 0 Å². The van der Waals surface area contributed by atoms with Gasteiger partial charge in [-0.15, -0.1) is 5.10 Å². The van der Waals surface area contributed by atoms with Gasteiger partial charge in [-0.1, -0.05) is 11.6 Å². The van der Waals surface area contributed by atoms with Crippen molar-refractivity contribution in [2.45, 2.75) is 39.0 Å². The molecule has 1 N–H and O–H groups in total. The summed E-state index contributed by atoms with van der Waals surface area (Å²) in [5, 5.41) is 5.15. The number of fused-ring (bicyclic) bond motifs is 1. The van der Waals surface area contributed by atoms with Crippen LogP contribution >= 0.6 is 11.6 Å². The second-order valence-corrected chi connectivity index (χ2v) is 7.48. The Hall–Kier alpha value is -2.80. The van der Waals surface area contributed by atoms with Crippen LogP contribution in [0.1, 0.15) is 47.2 Å². The van der Waals surface area contributed by atoms with Crippen LogP contribution in [-0.2, 0) is 0 Å². The predicted molar refractivity (Wildman–Crippen MR) is 102 cm³/mol. The maximum absolute atomic E-state index is 6.08. The van der Waals surface area contributed by atoms with E-state index in [1.165, 1.54) is 0 Å². The Morgan fingerprint density at radius 1 is 1.00 bits per heavy atom. The SMILES string of the molecule is Cc1nc([C@@H]2C[C@H]2c2nc3ccc(Cl)cc3[nH]2)cc(-n2nc(C)nc2C)n1. The minimum absolute atomic E-state index is 0.325. The molecule has 7 nitrogen and oxygen atoms in total. The molecule has 136 valence electrons. The van der Waals surface area contributed by atoms with Gasteiger partial charge < -0.3 is 4.98 Å². The number of H-pyrrole nitrogens is 1. The van der Waals surface area contributed by atoms with Crippen molar-refractivity contribution in [2.75, 3.05) is 0 Å². The molecule has 0 unspecified atom stereocenters. The van der Waals surface area contributed by atoms with Crippen LogP contribution in [0.5, 0.6) is 0 Å². The molecule has 1 aliphatic carbocycles. The Balaban J connectivity index is 1.48. The fraction of sp³-hybridized carbons (Fsp3) is 0.316. The van der Waals surface area contributed by atoms with E-state index in [2.05, 4.69) is 25.0 Å². The van der Waals surface area contributed by atoms with Crippen molar-refractivity contribution in [3.05, 3.63) is 58.3 Å². The van der Waals surface area contributed by atoms with Crippen LogP contribution in [0.3, 0.4) is 0 Å². The lowest BCUT2D eigenvalue weighted by Crippen LogP contribution is -2.06. The Morgan fingerprint density at radius 3 is 2.63 bits per heavy atom. The van der Waals surface area contributed by atoms with Crippen molar-refractivity contribution in [2.24, 2.45) is 0 Å². The smallest absolute Gasteiger partial charge is 0.159 e.